The number of aromatic nitrogens is 3. The van der Waals surface area contributed by atoms with E-state index in [2.05, 4.69) is 28.8 Å². The van der Waals surface area contributed by atoms with E-state index in [1.165, 1.54) is 0 Å². The van der Waals surface area contributed by atoms with Gasteiger partial charge >= 0.3 is 0 Å². The lowest BCUT2D eigenvalue weighted by molar-refractivity contribution is 0.495. The highest BCUT2D eigenvalue weighted by atomic mass is 15.0. The number of nitrogens with one attached hydrogen (secondary N) is 1. The molecule has 0 aliphatic carbocycles. The van der Waals surface area contributed by atoms with Crippen molar-refractivity contribution in [3.63, 3.8) is 0 Å². The number of pyridine rings is 1. The van der Waals surface area contributed by atoms with Crippen LogP contribution < -0.4 is 5.73 Å². The Morgan fingerprint density at radius 3 is 2.86 bits per heavy atom. The van der Waals surface area contributed by atoms with Crippen molar-refractivity contribution in [3.8, 4) is 0 Å². The SMILES string of the molecule is CC(C)[C@H](N)c1nc2ccncc2[nH]1. The molecule has 0 saturated heterocycles. The van der Waals surface area contributed by atoms with Gasteiger partial charge < -0.3 is 10.7 Å². The molecule has 2 heterocycles. The average molecular weight is 190 g/mol. The summed E-state index contributed by atoms with van der Waals surface area (Å²) in [7, 11) is 0. The quantitative estimate of drug-likeness (QED) is 0.756. The number of nitrogens with two attached hydrogens (primary N) is 1. The second-order valence-corrected chi connectivity index (χ2v) is 3.78. The predicted octanol–water partition coefficient (Wildman–Crippen LogP) is 1.61. The lowest BCUT2D eigenvalue weighted by Crippen LogP contribution is -2.17. The van der Waals surface area contributed by atoms with Gasteiger partial charge in [-0.3, -0.25) is 4.98 Å². The minimum Gasteiger partial charge on any atom is -0.339 e. The Kier molecular flexibility index (Phi) is 2.21. The number of H-pyrrole nitrogens is 1. The number of hydrogen-bond acceptors (Lipinski definition) is 3. The van der Waals surface area contributed by atoms with Crippen LogP contribution in [-0.2, 0) is 0 Å². The van der Waals surface area contributed by atoms with E-state index in [0.29, 0.717) is 5.92 Å². The van der Waals surface area contributed by atoms with Gasteiger partial charge in [0, 0.05) is 6.20 Å². The summed E-state index contributed by atoms with van der Waals surface area (Å²) in [5, 5.41) is 0. The lowest BCUT2D eigenvalue weighted by Gasteiger charge is -2.11. The Morgan fingerprint density at radius 2 is 2.21 bits per heavy atom. The molecular weight excluding hydrogens is 176 g/mol. The number of nitrogens with zero attached hydrogens (tertiary/aromatic N) is 2. The van der Waals surface area contributed by atoms with Crippen molar-refractivity contribution in [1.29, 1.82) is 0 Å². The molecule has 2 aromatic heterocycles. The van der Waals surface area contributed by atoms with Gasteiger partial charge in [0.15, 0.2) is 0 Å². The van der Waals surface area contributed by atoms with Gasteiger partial charge in [0.05, 0.1) is 23.3 Å². The van der Waals surface area contributed by atoms with E-state index < -0.39 is 0 Å². The molecule has 0 bridgehead atoms. The van der Waals surface area contributed by atoms with E-state index in [-0.39, 0.29) is 6.04 Å². The van der Waals surface area contributed by atoms with E-state index in [1.807, 2.05) is 6.07 Å². The topological polar surface area (TPSA) is 67.6 Å². The number of imidazole rings is 1. The van der Waals surface area contributed by atoms with Gasteiger partial charge in [-0.05, 0) is 12.0 Å². The molecule has 0 spiro atoms. The molecule has 4 nitrogen and oxygen atoms in total. The Hall–Kier alpha value is -1.42. The standard InChI is InChI=1S/C10H14N4/c1-6(2)9(11)10-13-7-3-4-12-5-8(7)14-10/h3-6,9H,11H2,1-2H3,(H,13,14)/t9-/m0/s1. The highest BCUT2D eigenvalue weighted by molar-refractivity contribution is 5.73. The Bertz CT molecular complexity index is 399. The first-order chi connectivity index (χ1) is 6.68. The summed E-state index contributed by atoms with van der Waals surface area (Å²) >= 11 is 0. The van der Waals surface area contributed by atoms with E-state index in [9.17, 15) is 0 Å². The van der Waals surface area contributed by atoms with Crippen LogP contribution in [0.4, 0.5) is 0 Å². The minimum atomic E-state index is -0.0394. The zero-order valence-corrected chi connectivity index (χ0v) is 8.36. The molecular formula is C10H14N4. The van der Waals surface area contributed by atoms with Gasteiger partial charge in [-0.2, -0.15) is 0 Å². The van der Waals surface area contributed by atoms with Crippen LogP contribution in [0.3, 0.4) is 0 Å². The van der Waals surface area contributed by atoms with Crippen LogP contribution in [-0.4, -0.2) is 15.0 Å². The zero-order chi connectivity index (χ0) is 10.1. The van der Waals surface area contributed by atoms with Crippen LogP contribution >= 0.6 is 0 Å². The minimum absolute atomic E-state index is 0.0394. The molecule has 3 N–H and O–H groups in total. The van der Waals surface area contributed by atoms with Gasteiger partial charge in [-0.15, -0.1) is 0 Å². The first-order valence-electron chi connectivity index (χ1n) is 4.73. The van der Waals surface area contributed by atoms with Gasteiger partial charge in [0.1, 0.15) is 5.82 Å². The fourth-order valence-electron chi connectivity index (χ4n) is 1.35. The first-order valence-corrected chi connectivity index (χ1v) is 4.73. The van der Waals surface area contributed by atoms with Crippen molar-refractivity contribution in [2.45, 2.75) is 19.9 Å². The summed E-state index contributed by atoms with van der Waals surface area (Å²) in [5.74, 6) is 1.21. The van der Waals surface area contributed by atoms with Gasteiger partial charge in [0.25, 0.3) is 0 Å². The fraction of sp³-hybridized carbons (Fsp3) is 0.400. The molecule has 2 aromatic rings. The van der Waals surface area contributed by atoms with Crippen molar-refractivity contribution >= 4 is 11.0 Å². The fourth-order valence-corrected chi connectivity index (χ4v) is 1.35. The average Bonchev–Trinajstić information content (AvgIpc) is 2.59. The summed E-state index contributed by atoms with van der Waals surface area (Å²) in [6, 6.07) is 1.84. The van der Waals surface area contributed by atoms with Crippen molar-refractivity contribution in [1.82, 2.24) is 15.0 Å². The highest BCUT2D eigenvalue weighted by Gasteiger charge is 2.14. The molecule has 0 aromatic carbocycles. The third-order valence-electron chi connectivity index (χ3n) is 2.34. The van der Waals surface area contributed by atoms with Gasteiger partial charge in [0.2, 0.25) is 0 Å². The second kappa shape index (κ2) is 3.38. The van der Waals surface area contributed by atoms with Gasteiger partial charge in [-0.1, -0.05) is 13.8 Å². The molecule has 2 rings (SSSR count). The Balaban J connectivity index is 2.45. The predicted molar refractivity (Wildman–Crippen MR) is 55.7 cm³/mol. The number of hydrogen-bond donors (Lipinski definition) is 2. The molecule has 0 fully saturated rings. The summed E-state index contributed by atoms with van der Waals surface area (Å²) in [4.78, 5) is 11.6. The lowest BCUT2D eigenvalue weighted by atomic mass is 10.1. The Labute approximate surface area is 82.6 Å². The van der Waals surface area contributed by atoms with Crippen LogP contribution in [0.25, 0.3) is 11.0 Å². The van der Waals surface area contributed by atoms with E-state index in [0.717, 1.165) is 16.9 Å². The molecule has 0 saturated carbocycles. The van der Waals surface area contributed by atoms with Crippen molar-refractivity contribution in [2.24, 2.45) is 11.7 Å². The van der Waals surface area contributed by atoms with Crippen LogP contribution in [0.5, 0.6) is 0 Å². The summed E-state index contributed by atoms with van der Waals surface area (Å²) in [6.45, 7) is 4.16. The monoisotopic (exact) mass is 190 g/mol. The van der Waals surface area contributed by atoms with Crippen molar-refractivity contribution < 1.29 is 0 Å². The van der Waals surface area contributed by atoms with Crippen LogP contribution in [0.15, 0.2) is 18.5 Å². The van der Waals surface area contributed by atoms with Crippen LogP contribution in [0.2, 0.25) is 0 Å². The molecule has 4 heteroatoms. The maximum Gasteiger partial charge on any atom is 0.124 e. The summed E-state index contributed by atoms with van der Waals surface area (Å²) in [6.07, 6.45) is 3.49. The molecule has 0 radical (unpaired) electrons. The van der Waals surface area contributed by atoms with E-state index >= 15 is 0 Å². The van der Waals surface area contributed by atoms with Crippen molar-refractivity contribution in [2.75, 3.05) is 0 Å². The third kappa shape index (κ3) is 1.48. The number of aromatic amines is 1. The highest BCUT2D eigenvalue weighted by Crippen LogP contribution is 2.18. The largest absolute Gasteiger partial charge is 0.339 e. The second-order valence-electron chi connectivity index (χ2n) is 3.78. The number of fused-ring (bicyclic) bond motifs is 1. The van der Waals surface area contributed by atoms with E-state index in [1.54, 1.807) is 12.4 Å². The van der Waals surface area contributed by atoms with Crippen molar-refractivity contribution in [3.05, 3.63) is 24.3 Å². The summed E-state index contributed by atoms with van der Waals surface area (Å²) in [5.41, 5.74) is 7.85. The first kappa shape index (κ1) is 9.15. The molecule has 1 atom stereocenters. The van der Waals surface area contributed by atoms with Crippen LogP contribution in [0.1, 0.15) is 25.7 Å². The van der Waals surface area contributed by atoms with E-state index in [4.69, 9.17) is 5.73 Å². The normalized spacial score (nSPS) is 13.7. The summed E-state index contributed by atoms with van der Waals surface area (Å²) < 4.78 is 0. The zero-order valence-electron chi connectivity index (χ0n) is 8.36. The molecule has 0 aliphatic heterocycles. The molecule has 74 valence electrons. The maximum absolute atomic E-state index is 5.99. The van der Waals surface area contributed by atoms with Crippen LogP contribution in [0, 0.1) is 5.92 Å². The maximum atomic E-state index is 5.99. The smallest absolute Gasteiger partial charge is 0.124 e. The number of rotatable bonds is 2. The van der Waals surface area contributed by atoms with Gasteiger partial charge in [-0.25, -0.2) is 4.98 Å². The Morgan fingerprint density at radius 1 is 1.43 bits per heavy atom. The molecule has 0 aliphatic rings. The molecule has 14 heavy (non-hydrogen) atoms. The molecule has 0 unspecified atom stereocenters. The molecule has 0 amide bonds. The third-order valence-corrected chi connectivity index (χ3v) is 2.34.